The highest BCUT2D eigenvalue weighted by Gasteiger charge is 2.18. The molecule has 126 valence electrons. The number of aromatic nitrogens is 4. The molecule has 0 bridgehead atoms. The molecule has 3 aromatic rings. The molecule has 3 heterocycles. The molecule has 0 unspecified atom stereocenters. The first-order chi connectivity index (χ1) is 12.3. The summed E-state index contributed by atoms with van der Waals surface area (Å²) in [4.78, 5) is 16.9. The number of rotatable bonds is 4. The lowest BCUT2D eigenvalue weighted by molar-refractivity contribution is 0.287. The summed E-state index contributed by atoms with van der Waals surface area (Å²) in [5.74, 6) is 0.188. The minimum Gasteiger partial charge on any atom is -0.471 e. The van der Waals surface area contributed by atoms with Gasteiger partial charge in [0.2, 0.25) is 5.88 Å². The predicted octanol–water partition coefficient (Wildman–Crippen LogP) is 3.53. The second kappa shape index (κ2) is 6.93. The maximum absolute atomic E-state index is 13.0. The van der Waals surface area contributed by atoms with E-state index < -0.39 is 0 Å². The Morgan fingerprint density at radius 2 is 1.88 bits per heavy atom. The zero-order valence-corrected chi connectivity index (χ0v) is 13.7. The first kappa shape index (κ1) is 15.6. The zero-order chi connectivity index (χ0) is 17.1. The number of hydrogen-bond donors (Lipinski definition) is 0. The van der Waals surface area contributed by atoms with E-state index in [4.69, 9.17) is 4.74 Å². The van der Waals surface area contributed by atoms with Gasteiger partial charge in [0.25, 0.3) is 0 Å². The Balaban J connectivity index is 1.65. The summed E-state index contributed by atoms with van der Waals surface area (Å²) in [6, 6.07) is 4.92. The molecule has 6 heteroatoms. The quantitative estimate of drug-likeness (QED) is 0.729. The molecule has 0 saturated heterocycles. The van der Waals surface area contributed by atoms with Gasteiger partial charge < -0.3 is 4.74 Å². The van der Waals surface area contributed by atoms with Crippen LogP contribution in [0, 0.1) is 5.82 Å². The summed E-state index contributed by atoms with van der Waals surface area (Å²) in [7, 11) is 0. The first-order valence-corrected chi connectivity index (χ1v) is 8.31. The SMILES string of the molecule is Fc1ccc(COc2cc(-c3cncnc3)c3c(n2)CCCC3)nc1. The van der Waals surface area contributed by atoms with Crippen molar-refractivity contribution in [2.45, 2.75) is 32.3 Å². The van der Waals surface area contributed by atoms with Gasteiger partial charge in [-0.05, 0) is 48.9 Å². The number of aryl methyl sites for hydroxylation is 1. The standard InChI is InChI=1S/C19H17FN4O/c20-14-5-6-15(23-10-14)11-25-19-7-17(13-8-21-12-22-9-13)16-3-1-2-4-18(16)24-19/h5-10,12H,1-4,11H2. The fourth-order valence-electron chi connectivity index (χ4n) is 3.09. The Kier molecular flexibility index (Phi) is 4.33. The van der Waals surface area contributed by atoms with Crippen LogP contribution < -0.4 is 4.74 Å². The van der Waals surface area contributed by atoms with E-state index in [1.807, 2.05) is 18.5 Å². The van der Waals surface area contributed by atoms with Crippen LogP contribution in [-0.4, -0.2) is 19.9 Å². The molecule has 0 aromatic carbocycles. The molecule has 0 atom stereocenters. The van der Waals surface area contributed by atoms with Crippen molar-refractivity contribution in [2.24, 2.45) is 0 Å². The highest BCUT2D eigenvalue weighted by Crippen LogP contribution is 2.33. The van der Waals surface area contributed by atoms with Gasteiger partial charge in [0.1, 0.15) is 18.8 Å². The van der Waals surface area contributed by atoms with Crippen LogP contribution in [0.1, 0.15) is 29.8 Å². The van der Waals surface area contributed by atoms with Crippen molar-refractivity contribution >= 4 is 0 Å². The van der Waals surface area contributed by atoms with Crippen LogP contribution in [0.4, 0.5) is 4.39 Å². The van der Waals surface area contributed by atoms with E-state index in [1.54, 1.807) is 6.07 Å². The molecule has 0 spiro atoms. The smallest absolute Gasteiger partial charge is 0.214 e. The van der Waals surface area contributed by atoms with Gasteiger partial charge in [0, 0.05) is 29.7 Å². The van der Waals surface area contributed by atoms with Crippen molar-refractivity contribution in [3.63, 3.8) is 0 Å². The Hall–Kier alpha value is -2.89. The molecule has 1 aliphatic rings. The summed E-state index contributed by atoms with van der Waals surface area (Å²) in [6.07, 6.45) is 10.6. The third-order valence-corrected chi connectivity index (χ3v) is 4.30. The number of ether oxygens (including phenoxy) is 1. The van der Waals surface area contributed by atoms with Crippen molar-refractivity contribution in [1.29, 1.82) is 0 Å². The normalized spacial score (nSPS) is 13.3. The Morgan fingerprint density at radius 3 is 2.68 bits per heavy atom. The van der Waals surface area contributed by atoms with Crippen molar-refractivity contribution in [3.05, 3.63) is 65.9 Å². The summed E-state index contributed by atoms with van der Waals surface area (Å²) in [5, 5.41) is 0. The lowest BCUT2D eigenvalue weighted by Crippen LogP contribution is -2.09. The van der Waals surface area contributed by atoms with Gasteiger partial charge >= 0.3 is 0 Å². The Morgan fingerprint density at radius 1 is 1.04 bits per heavy atom. The maximum Gasteiger partial charge on any atom is 0.214 e. The van der Waals surface area contributed by atoms with Crippen LogP contribution in [0.5, 0.6) is 5.88 Å². The lowest BCUT2D eigenvalue weighted by Gasteiger charge is -2.20. The van der Waals surface area contributed by atoms with Crippen LogP contribution in [0.25, 0.3) is 11.1 Å². The maximum atomic E-state index is 13.0. The first-order valence-electron chi connectivity index (χ1n) is 8.31. The van der Waals surface area contributed by atoms with Crippen LogP contribution >= 0.6 is 0 Å². The molecule has 0 N–H and O–H groups in total. The molecule has 1 aliphatic carbocycles. The highest BCUT2D eigenvalue weighted by molar-refractivity contribution is 5.68. The number of halogens is 1. The average molecular weight is 336 g/mol. The topological polar surface area (TPSA) is 60.8 Å². The minimum atomic E-state index is -0.359. The molecule has 0 aliphatic heterocycles. The second-order valence-corrected chi connectivity index (χ2v) is 6.02. The van der Waals surface area contributed by atoms with E-state index in [2.05, 4.69) is 19.9 Å². The summed E-state index contributed by atoms with van der Waals surface area (Å²) < 4.78 is 18.8. The van der Waals surface area contributed by atoms with E-state index in [9.17, 15) is 4.39 Å². The van der Waals surface area contributed by atoms with Crippen LogP contribution in [-0.2, 0) is 19.4 Å². The Labute approximate surface area is 145 Å². The van der Waals surface area contributed by atoms with Crippen LogP contribution in [0.15, 0.2) is 43.1 Å². The van der Waals surface area contributed by atoms with Gasteiger partial charge in [-0.15, -0.1) is 0 Å². The fourth-order valence-corrected chi connectivity index (χ4v) is 3.09. The van der Waals surface area contributed by atoms with Gasteiger partial charge in [-0.1, -0.05) is 0 Å². The minimum absolute atomic E-state index is 0.247. The number of hydrogen-bond acceptors (Lipinski definition) is 5. The molecule has 0 saturated carbocycles. The average Bonchev–Trinajstić information content (AvgIpc) is 2.67. The molecule has 5 nitrogen and oxygen atoms in total. The lowest BCUT2D eigenvalue weighted by atomic mass is 9.90. The van der Waals surface area contributed by atoms with Crippen molar-refractivity contribution in [2.75, 3.05) is 0 Å². The number of nitrogens with zero attached hydrogens (tertiary/aromatic N) is 4. The zero-order valence-electron chi connectivity index (χ0n) is 13.7. The molecule has 25 heavy (non-hydrogen) atoms. The van der Waals surface area contributed by atoms with Gasteiger partial charge in [-0.25, -0.2) is 19.3 Å². The van der Waals surface area contributed by atoms with E-state index >= 15 is 0 Å². The van der Waals surface area contributed by atoms with Gasteiger partial charge in [-0.3, -0.25) is 4.98 Å². The molecule has 4 rings (SSSR count). The molecular formula is C19H17FN4O. The molecule has 3 aromatic heterocycles. The van der Waals surface area contributed by atoms with Crippen molar-refractivity contribution in [1.82, 2.24) is 19.9 Å². The van der Waals surface area contributed by atoms with Gasteiger partial charge in [0.15, 0.2) is 0 Å². The van der Waals surface area contributed by atoms with Crippen molar-refractivity contribution < 1.29 is 9.13 Å². The highest BCUT2D eigenvalue weighted by atomic mass is 19.1. The largest absolute Gasteiger partial charge is 0.471 e. The van der Waals surface area contributed by atoms with E-state index in [0.717, 1.165) is 42.5 Å². The monoisotopic (exact) mass is 336 g/mol. The van der Waals surface area contributed by atoms with Crippen LogP contribution in [0.3, 0.4) is 0 Å². The Bertz CT molecular complexity index is 869. The third-order valence-electron chi connectivity index (χ3n) is 4.30. The third kappa shape index (κ3) is 3.47. The molecule has 0 fully saturated rings. The van der Waals surface area contributed by atoms with E-state index in [0.29, 0.717) is 11.6 Å². The molecular weight excluding hydrogens is 319 g/mol. The molecule has 0 radical (unpaired) electrons. The number of fused-ring (bicyclic) bond motifs is 1. The van der Waals surface area contributed by atoms with Crippen molar-refractivity contribution in [3.8, 4) is 17.0 Å². The second-order valence-electron chi connectivity index (χ2n) is 6.02. The number of pyridine rings is 2. The van der Waals surface area contributed by atoms with Gasteiger partial charge in [0.05, 0.1) is 11.9 Å². The summed E-state index contributed by atoms with van der Waals surface area (Å²) in [5.41, 5.74) is 5.04. The van der Waals surface area contributed by atoms with Gasteiger partial charge in [-0.2, -0.15) is 0 Å². The summed E-state index contributed by atoms with van der Waals surface area (Å²) in [6.45, 7) is 0.247. The van der Waals surface area contributed by atoms with Crippen LogP contribution in [0.2, 0.25) is 0 Å². The molecule has 0 amide bonds. The van der Waals surface area contributed by atoms with E-state index in [-0.39, 0.29) is 12.4 Å². The predicted molar refractivity (Wildman–Crippen MR) is 90.4 cm³/mol. The fraction of sp³-hybridized carbons (Fsp3) is 0.263. The van der Waals surface area contributed by atoms with E-state index in [1.165, 1.54) is 24.2 Å². The summed E-state index contributed by atoms with van der Waals surface area (Å²) >= 11 is 0.